The van der Waals surface area contributed by atoms with Gasteiger partial charge >= 0.3 is 0 Å². The number of carbonyl (C=O) groups is 1. The van der Waals surface area contributed by atoms with Crippen LogP contribution in [0.1, 0.15) is 41.0 Å². The molecule has 2 aliphatic rings. The van der Waals surface area contributed by atoms with Crippen molar-refractivity contribution in [2.75, 3.05) is 0 Å². The fourth-order valence-electron chi connectivity index (χ4n) is 3.49. The minimum absolute atomic E-state index is 0.133. The van der Waals surface area contributed by atoms with Crippen LogP contribution in [-0.2, 0) is 4.79 Å². The van der Waals surface area contributed by atoms with Crippen LogP contribution in [0.25, 0.3) is 5.70 Å². The van der Waals surface area contributed by atoms with Gasteiger partial charge in [-0.15, -0.1) is 0 Å². The molecule has 2 aromatic carbocycles. The molecule has 1 N–H and O–H groups in total. The molecule has 1 aliphatic heterocycles. The van der Waals surface area contributed by atoms with Gasteiger partial charge in [0.25, 0.3) is 0 Å². The molecule has 0 aromatic heterocycles. The predicted octanol–water partition coefficient (Wildman–Crippen LogP) is 3.76. The Labute approximate surface area is 124 Å². The summed E-state index contributed by atoms with van der Waals surface area (Å²) in [6.07, 6.45) is 1.45. The van der Waals surface area contributed by atoms with Crippen LogP contribution < -0.4 is 5.32 Å². The van der Waals surface area contributed by atoms with Crippen molar-refractivity contribution >= 4 is 11.6 Å². The highest BCUT2D eigenvalue weighted by Gasteiger charge is 2.35. The Morgan fingerprint density at radius 3 is 2.57 bits per heavy atom. The number of allylic oxidation sites excluding steroid dienone is 1. The summed E-state index contributed by atoms with van der Waals surface area (Å²) in [6, 6.07) is 17.2. The van der Waals surface area contributed by atoms with E-state index in [4.69, 9.17) is 0 Å². The van der Waals surface area contributed by atoms with Crippen LogP contribution in [-0.4, -0.2) is 5.91 Å². The van der Waals surface area contributed by atoms with Gasteiger partial charge in [0.2, 0.25) is 5.91 Å². The second-order valence-electron chi connectivity index (χ2n) is 5.88. The summed E-state index contributed by atoms with van der Waals surface area (Å²) in [5, 5.41) is 3.09. The quantitative estimate of drug-likeness (QED) is 0.843. The molecule has 1 unspecified atom stereocenters. The Balaban J connectivity index is 1.90. The molecule has 1 aliphatic carbocycles. The Bertz CT molecular complexity index is 755. The third kappa shape index (κ3) is 1.90. The molecule has 2 aromatic rings. The van der Waals surface area contributed by atoms with Crippen molar-refractivity contribution in [1.82, 2.24) is 5.32 Å². The minimum atomic E-state index is 0.133. The number of amides is 1. The molecule has 104 valence electrons. The first-order valence-electron chi connectivity index (χ1n) is 7.43. The summed E-state index contributed by atoms with van der Waals surface area (Å²) in [6.45, 7) is 2.11. The summed E-state index contributed by atoms with van der Waals surface area (Å²) < 4.78 is 0. The zero-order chi connectivity index (χ0) is 14.4. The first-order chi connectivity index (χ1) is 10.2. The lowest BCUT2D eigenvalue weighted by atomic mass is 9.86. The second-order valence-corrected chi connectivity index (χ2v) is 5.88. The van der Waals surface area contributed by atoms with Gasteiger partial charge in [0.05, 0.1) is 0 Å². The van der Waals surface area contributed by atoms with Crippen molar-refractivity contribution in [2.24, 2.45) is 0 Å². The lowest BCUT2D eigenvalue weighted by Crippen LogP contribution is -2.26. The normalized spacial score (nSPS) is 20.0. The molecular formula is C19H17NO. The van der Waals surface area contributed by atoms with E-state index in [2.05, 4.69) is 54.7 Å². The SMILES string of the molecule is Cc1ccc(C2C3=C(NC(=O)CC3)c3ccccc32)cc1. The number of aryl methyl sites for hydroxylation is 1. The highest BCUT2D eigenvalue weighted by atomic mass is 16.1. The number of carbonyl (C=O) groups excluding carboxylic acids is 1. The highest BCUT2D eigenvalue weighted by Crippen LogP contribution is 2.47. The molecular weight excluding hydrogens is 258 g/mol. The zero-order valence-electron chi connectivity index (χ0n) is 12.0. The monoisotopic (exact) mass is 275 g/mol. The summed E-state index contributed by atoms with van der Waals surface area (Å²) in [5.41, 5.74) is 7.50. The molecule has 0 bridgehead atoms. The van der Waals surface area contributed by atoms with Gasteiger partial charge in [0.1, 0.15) is 0 Å². The molecule has 1 amide bonds. The maximum atomic E-state index is 11.8. The summed E-state index contributed by atoms with van der Waals surface area (Å²) >= 11 is 0. The van der Waals surface area contributed by atoms with Gasteiger partial charge in [-0.1, -0.05) is 54.1 Å². The molecule has 21 heavy (non-hydrogen) atoms. The number of nitrogens with one attached hydrogen (secondary N) is 1. The first kappa shape index (κ1) is 12.4. The largest absolute Gasteiger partial charge is 0.326 e. The molecule has 0 saturated carbocycles. The smallest absolute Gasteiger partial charge is 0.224 e. The van der Waals surface area contributed by atoms with Gasteiger partial charge in [0.15, 0.2) is 0 Å². The number of hydrogen-bond donors (Lipinski definition) is 1. The van der Waals surface area contributed by atoms with Crippen molar-refractivity contribution in [2.45, 2.75) is 25.7 Å². The standard InChI is InChI=1S/C19H17NO/c1-12-6-8-13(9-7-12)18-14-4-2-3-5-15(14)19-16(18)10-11-17(21)20-19/h2-9,18H,10-11H2,1H3,(H,20,21). The van der Waals surface area contributed by atoms with Crippen molar-refractivity contribution in [3.63, 3.8) is 0 Å². The summed E-state index contributed by atoms with van der Waals surface area (Å²) in [7, 11) is 0. The average Bonchev–Trinajstić information content (AvgIpc) is 2.82. The molecule has 4 rings (SSSR count). The van der Waals surface area contributed by atoms with Gasteiger partial charge < -0.3 is 5.32 Å². The number of hydrogen-bond acceptors (Lipinski definition) is 1. The third-order valence-electron chi connectivity index (χ3n) is 4.51. The van der Waals surface area contributed by atoms with E-state index >= 15 is 0 Å². The van der Waals surface area contributed by atoms with Crippen LogP contribution in [0.3, 0.4) is 0 Å². The molecule has 2 nitrogen and oxygen atoms in total. The van der Waals surface area contributed by atoms with Crippen molar-refractivity contribution < 1.29 is 4.79 Å². The van der Waals surface area contributed by atoms with E-state index in [1.54, 1.807) is 0 Å². The zero-order valence-corrected chi connectivity index (χ0v) is 12.0. The predicted molar refractivity (Wildman–Crippen MR) is 83.8 cm³/mol. The van der Waals surface area contributed by atoms with Crippen LogP contribution in [0.4, 0.5) is 0 Å². The van der Waals surface area contributed by atoms with E-state index < -0.39 is 0 Å². The van der Waals surface area contributed by atoms with Crippen molar-refractivity contribution in [1.29, 1.82) is 0 Å². The maximum absolute atomic E-state index is 11.8. The number of benzene rings is 2. The minimum Gasteiger partial charge on any atom is -0.326 e. The Hall–Kier alpha value is -2.35. The Morgan fingerprint density at radius 2 is 1.76 bits per heavy atom. The van der Waals surface area contributed by atoms with Crippen LogP contribution in [0.15, 0.2) is 54.1 Å². The van der Waals surface area contributed by atoms with Crippen LogP contribution >= 0.6 is 0 Å². The number of rotatable bonds is 1. The molecule has 0 radical (unpaired) electrons. The second kappa shape index (κ2) is 4.59. The van der Waals surface area contributed by atoms with E-state index in [1.807, 2.05) is 6.07 Å². The summed E-state index contributed by atoms with van der Waals surface area (Å²) in [4.78, 5) is 11.8. The molecule has 1 atom stereocenters. The Morgan fingerprint density at radius 1 is 1.00 bits per heavy atom. The molecule has 0 fully saturated rings. The molecule has 2 heteroatoms. The highest BCUT2D eigenvalue weighted by molar-refractivity contribution is 5.94. The average molecular weight is 275 g/mol. The van der Waals surface area contributed by atoms with E-state index in [0.717, 1.165) is 12.1 Å². The Kier molecular flexibility index (Phi) is 2.71. The van der Waals surface area contributed by atoms with Crippen LogP contribution in [0.2, 0.25) is 0 Å². The molecule has 1 heterocycles. The van der Waals surface area contributed by atoms with E-state index in [1.165, 1.54) is 27.8 Å². The summed E-state index contributed by atoms with van der Waals surface area (Å²) in [5.74, 6) is 0.422. The van der Waals surface area contributed by atoms with Crippen molar-refractivity contribution in [3.8, 4) is 0 Å². The van der Waals surface area contributed by atoms with E-state index in [9.17, 15) is 4.79 Å². The van der Waals surface area contributed by atoms with Crippen LogP contribution in [0, 0.1) is 6.92 Å². The fraction of sp³-hybridized carbons (Fsp3) is 0.211. The van der Waals surface area contributed by atoms with Gasteiger partial charge in [-0.25, -0.2) is 0 Å². The van der Waals surface area contributed by atoms with Gasteiger partial charge in [0, 0.05) is 23.6 Å². The lowest BCUT2D eigenvalue weighted by Gasteiger charge is -2.21. The third-order valence-corrected chi connectivity index (χ3v) is 4.51. The van der Waals surface area contributed by atoms with Crippen molar-refractivity contribution in [3.05, 3.63) is 76.4 Å². The lowest BCUT2D eigenvalue weighted by molar-refractivity contribution is -0.120. The first-order valence-corrected chi connectivity index (χ1v) is 7.43. The number of fused-ring (bicyclic) bond motifs is 2. The van der Waals surface area contributed by atoms with Gasteiger partial charge in [-0.2, -0.15) is 0 Å². The van der Waals surface area contributed by atoms with Gasteiger partial charge in [-0.05, 0) is 30.0 Å². The van der Waals surface area contributed by atoms with E-state index in [0.29, 0.717) is 6.42 Å². The van der Waals surface area contributed by atoms with Gasteiger partial charge in [-0.3, -0.25) is 4.79 Å². The fourth-order valence-corrected chi connectivity index (χ4v) is 3.49. The van der Waals surface area contributed by atoms with Crippen LogP contribution in [0.5, 0.6) is 0 Å². The molecule has 0 saturated heterocycles. The van der Waals surface area contributed by atoms with E-state index in [-0.39, 0.29) is 11.8 Å². The topological polar surface area (TPSA) is 29.1 Å². The molecule has 0 spiro atoms. The maximum Gasteiger partial charge on any atom is 0.224 e.